The van der Waals surface area contributed by atoms with Gasteiger partial charge in [-0.25, -0.2) is 0 Å². The number of carbonyl (C=O) groups is 2. The number of ether oxygens (including phenoxy) is 1. The molecule has 0 amide bonds. The van der Waals surface area contributed by atoms with Crippen LogP contribution in [0.25, 0.3) is 0 Å². The van der Waals surface area contributed by atoms with Gasteiger partial charge >= 0.3 is 11.9 Å². The Hall–Kier alpha value is -0.810. The lowest BCUT2D eigenvalue weighted by Crippen LogP contribution is -3.00. The van der Waals surface area contributed by atoms with E-state index in [2.05, 4.69) is 0 Å². The zero-order valence-corrected chi connectivity index (χ0v) is 11.8. The van der Waals surface area contributed by atoms with Gasteiger partial charge in [0.05, 0.1) is 33.5 Å². The lowest BCUT2D eigenvalue weighted by atomic mass is 10.2. The van der Waals surface area contributed by atoms with Crippen LogP contribution in [-0.4, -0.2) is 55.3 Å². The molecule has 0 aliphatic carbocycles. The van der Waals surface area contributed by atoms with Crippen molar-refractivity contribution in [1.29, 1.82) is 0 Å². The zero-order chi connectivity index (χ0) is 12.9. The van der Waals surface area contributed by atoms with Gasteiger partial charge in [-0.05, 0) is 0 Å². The normalized spacial score (nSPS) is 12.8. The van der Waals surface area contributed by atoms with Crippen molar-refractivity contribution in [3.05, 3.63) is 0 Å². The van der Waals surface area contributed by atoms with E-state index >= 15 is 0 Å². The molecule has 1 N–H and O–H groups in total. The molecule has 1 atom stereocenters. The molecule has 0 bridgehead atoms. The van der Waals surface area contributed by atoms with Gasteiger partial charge in [0.2, 0.25) is 0 Å². The minimum Gasteiger partial charge on any atom is -1.00 e. The van der Waals surface area contributed by atoms with E-state index in [4.69, 9.17) is 9.84 Å². The second kappa shape index (κ2) is 7.50. The number of aliphatic carboxylic acids is 1. The Labute approximate surface area is 109 Å². The number of nitrogens with zero attached hydrogens (tertiary/aromatic N) is 1. The maximum Gasteiger partial charge on any atom is 0.308 e. The van der Waals surface area contributed by atoms with E-state index in [9.17, 15) is 9.59 Å². The van der Waals surface area contributed by atoms with Gasteiger partial charge in [0, 0.05) is 0 Å². The van der Waals surface area contributed by atoms with Gasteiger partial charge < -0.3 is 26.7 Å². The Bertz CT molecular complexity index is 261. The molecule has 0 radical (unpaired) electrons. The van der Waals surface area contributed by atoms with Crippen LogP contribution in [0.15, 0.2) is 0 Å². The smallest absolute Gasteiger partial charge is 0.308 e. The van der Waals surface area contributed by atoms with Crippen molar-refractivity contribution >= 4 is 11.9 Å². The molecule has 0 saturated heterocycles. The number of carboxylic acids is 1. The number of rotatable bonds is 6. The number of halogens is 1. The third kappa shape index (κ3) is 10.1. The monoisotopic (exact) mass is 267 g/mol. The lowest BCUT2D eigenvalue weighted by molar-refractivity contribution is -0.873. The van der Waals surface area contributed by atoms with E-state index in [1.807, 2.05) is 21.1 Å². The number of likely N-dealkylation sites (N-methyl/N-ethyl adjacent to an activating group) is 1. The number of carbonyl (C=O) groups excluding carboxylic acids is 1. The SMILES string of the molecule is CC(C)C(=O)OC(CC(=O)O)C[N+](C)(C)C.[Cl-]. The van der Waals surface area contributed by atoms with E-state index < -0.39 is 12.1 Å². The molecule has 0 aromatic heterocycles. The van der Waals surface area contributed by atoms with Gasteiger partial charge in [0.15, 0.2) is 6.10 Å². The van der Waals surface area contributed by atoms with Crippen LogP contribution in [-0.2, 0) is 14.3 Å². The van der Waals surface area contributed by atoms with E-state index in [-0.39, 0.29) is 30.7 Å². The molecule has 0 heterocycles. The third-order valence-electron chi connectivity index (χ3n) is 1.91. The maximum absolute atomic E-state index is 11.4. The topological polar surface area (TPSA) is 63.6 Å². The molecule has 0 aliphatic heterocycles. The van der Waals surface area contributed by atoms with E-state index in [0.717, 1.165) is 0 Å². The molecule has 0 aromatic rings. The summed E-state index contributed by atoms with van der Waals surface area (Å²) in [6.07, 6.45) is -0.707. The van der Waals surface area contributed by atoms with Crippen molar-refractivity contribution in [2.24, 2.45) is 5.92 Å². The fourth-order valence-electron chi connectivity index (χ4n) is 1.25. The summed E-state index contributed by atoms with van der Waals surface area (Å²) >= 11 is 0. The lowest BCUT2D eigenvalue weighted by Gasteiger charge is -2.28. The molecular weight excluding hydrogens is 246 g/mol. The predicted molar refractivity (Wildman–Crippen MR) is 59.9 cm³/mol. The summed E-state index contributed by atoms with van der Waals surface area (Å²) in [5.41, 5.74) is 0. The van der Waals surface area contributed by atoms with Crippen LogP contribution in [0.3, 0.4) is 0 Å². The first kappa shape index (κ1) is 18.6. The molecule has 0 aromatic carbocycles. The van der Waals surface area contributed by atoms with Gasteiger partial charge in [0.25, 0.3) is 0 Å². The van der Waals surface area contributed by atoms with Crippen molar-refractivity contribution in [2.75, 3.05) is 27.7 Å². The molecule has 0 saturated carbocycles. The number of carboxylic acid groups (broad SMARTS) is 1. The third-order valence-corrected chi connectivity index (χ3v) is 1.91. The number of esters is 1. The predicted octanol–water partition coefficient (Wildman–Crippen LogP) is -2.26. The molecule has 17 heavy (non-hydrogen) atoms. The van der Waals surface area contributed by atoms with Crippen molar-refractivity contribution in [1.82, 2.24) is 0 Å². The Morgan fingerprint density at radius 3 is 2.00 bits per heavy atom. The average molecular weight is 268 g/mol. The number of hydrogen-bond donors (Lipinski definition) is 1. The molecule has 1 unspecified atom stereocenters. The summed E-state index contributed by atoms with van der Waals surface area (Å²) in [6, 6.07) is 0. The largest absolute Gasteiger partial charge is 1.00 e. The molecule has 6 heteroatoms. The average Bonchev–Trinajstić information content (AvgIpc) is 1.98. The highest BCUT2D eigenvalue weighted by Gasteiger charge is 2.25. The minimum absolute atomic E-state index is 0. The summed E-state index contributed by atoms with van der Waals surface area (Å²) in [5.74, 6) is -1.53. The summed E-state index contributed by atoms with van der Waals surface area (Å²) in [7, 11) is 5.79. The van der Waals surface area contributed by atoms with Crippen LogP contribution >= 0.6 is 0 Å². The first-order valence-corrected chi connectivity index (χ1v) is 5.34. The van der Waals surface area contributed by atoms with Crippen molar-refractivity contribution < 1.29 is 36.3 Å². The van der Waals surface area contributed by atoms with Gasteiger partial charge in [-0.1, -0.05) is 13.8 Å². The summed E-state index contributed by atoms with van der Waals surface area (Å²) < 4.78 is 5.72. The van der Waals surface area contributed by atoms with Gasteiger partial charge in [-0.3, -0.25) is 9.59 Å². The first-order chi connectivity index (χ1) is 7.11. The minimum atomic E-state index is -0.949. The van der Waals surface area contributed by atoms with Gasteiger partial charge in [0.1, 0.15) is 6.54 Å². The van der Waals surface area contributed by atoms with Crippen LogP contribution in [0.4, 0.5) is 0 Å². The second-order valence-electron chi connectivity index (χ2n) is 5.28. The maximum atomic E-state index is 11.4. The van der Waals surface area contributed by atoms with Gasteiger partial charge in [-0.15, -0.1) is 0 Å². The highest BCUT2D eigenvalue weighted by molar-refractivity contribution is 5.73. The van der Waals surface area contributed by atoms with Crippen LogP contribution in [0.1, 0.15) is 20.3 Å². The van der Waals surface area contributed by atoms with Crippen LogP contribution in [0.5, 0.6) is 0 Å². The van der Waals surface area contributed by atoms with Crippen LogP contribution in [0.2, 0.25) is 0 Å². The number of quaternary nitrogens is 1. The van der Waals surface area contributed by atoms with Crippen LogP contribution < -0.4 is 12.4 Å². The fourth-order valence-corrected chi connectivity index (χ4v) is 1.25. The van der Waals surface area contributed by atoms with Crippen molar-refractivity contribution in [3.63, 3.8) is 0 Å². The molecule has 102 valence electrons. The first-order valence-electron chi connectivity index (χ1n) is 5.34. The van der Waals surface area contributed by atoms with E-state index in [1.165, 1.54) is 0 Å². The highest BCUT2D eigenvalue weighted by Crippen LogP contribution is 2.08. The zero-order valence-electron chi connectivity index (χ0n) is 11.1. The van der Waals surface area contributed by atoms with Crippen molar-refractivity contribution in [3.8, 4) is 0 Å². The molecule has 0 spiro atoms. The van der Waals surface area contributed by atoms with E-state index in [1.54, 1.807) is 13.8 Å². The molecule has 0 fully saturated rings. The fraction of sp³-hybridized carbons (Fsp3) is 0.818. The summed E-state index contributed by atoms with van der Waals surface area (Å²) in [6.45, 7) is 3.95. The molecular formula is C11H22ClNO4. The number of hydrogen-bond acceptors (Lipinski definition) is 3. The molecule has 0 rings (SSSR count). The quantitative estimate of drug-likeness (QED) is 0.436. The highest BCUT2D eigenvalue weighted by atomic mass is 35.5. The van der Waals surface area contributed by atoms with Crippen molar-refractivity contribution in [2.45, 2.75) is 26.4 Å². The van der Waals surface area contributed by atoms with Gasteiger partial charge in [-0.2, -0.15) is 0 Å². The standard InChI is InChI=1S/C11H21NO4.ClH/c1-8(2)11(15)16-9(6-10(13)14)7-12(3,4)5;/h8-9H,6-7H2,1-5H3;1H. The Morgan fingerprint density at radius 2 is 1.71 bits per heavy atom. The molecule has 5 nitrogen and oxygen atoms in total. The Balaban J connectivity index is 0. The Kier molecular flexibility index (Phi) is 8.19. The summed E-state index contributed by atoms with van der Waals surface area (Å²) in [4.78, 5) is 22.0. The second-order valence-corrected chi connectivity index (χ2v) is 5.28. The van der Waals surface area contributed by atoms with Crippen LogP contribution in [0, 0.1) is 5.92 Å². The Morgan fingerprint density at radius 1 is 1.24 bits per heavy atom. The molecule has 0 aliphatic rings. The van der Waals surface area contributed by atoms with E-state index in [0.29, 0.717) is 11.0 Å². The summed E-state index contributed by atoms with van der Waals surface area (Å²) in [5, 5.41) is 8.73.